The first-order valence-corrected chi connectivity index (χ1v) is 19.9. The summed E-state index contributed by atoms with van der Waals surface area (Å²) < 4.78 is 22.5. The summed E-state index contributed by atoms with van der Waals surface area (Å²) in [5.41, 5.74) is 0. The largest absolute Gasteiger partial charge is 0.472 e. The Labute approximate surface area is 257 Å². The summed E-state index contributed by atoms with van der Waals surface area (Å²) in [6.07, 6.45) is 34.5. The predicted molar refractivity (Wildman–Crippen MR) is 180 cm³/mol. The highest BCUT2D eigenvalue weighted by Crippen LogP contribution is 2.43. The van der Waals surface area contributed by atoms with Crippen molar-refractivity contribution in [1.29, 1.82) is 0 Å². The minimum atomic E-state index is -3.89. The van der Waals surface area contributed by atoms with Crippen molar-refractivity contribution in [2.24, 2.45) is 0 Å². The molecule has 0 aromatic carbocycles. The van der Waals surface area contributed by atoms with Crippen LogP contribution in [0.25, 0.3) is 0 Å². The van der Waals surface area contributed by atoms with E-state index in [-0.39, 0.29) is 0 Å². The number of rotatable bonds is 35. The highest BCUT2D eigenvalue weighted by molar-refractivity contribution is 7.47. The fourth-order valence-corrected chi connectivity index (χ4v) is 6.32. The summed E-state index contributed by atoms with van der Waals surface area (Å²) in [6, 6.07) is 0. The van der Waals surface area contributed by atoms with Gasteiger partial charge < -0.3 is 9.79 Å². The molecule has 0 bridgehead atoms. The van der Waals surface area contributed by atoms with Gasteiger partial charge in [-0.1, -0.05) is 162 Å². The molecule has 0 fully saturated rings. The lowest BCUT2D eigenvalue weighted by Crippen LogP contribution is -2.27. The molecule has 0 saturated heterocycles. The van der Waals surface area contributed by atoms with Crippen molar-refractivity contribution in [3.05, 3.63) is 0 Å². The van der Waals surface area contributed by atoms with Gasteiger partial charge in [0.2, 0.25) is 0 Å². The molecule has 0 aliphatic rings. The monoisotopic (exact) mass is 604 g/mol. The molecule has 41 heavy (non-hydrogen) atoms. The standard InChI is InChI=1S/C35H74NO4P/c1-4-7-10-13-16-18-21-26-31-36(32-27-22-19-17-14-11-8-5-2)33-28-23-25-30-35-40-41(37,38)39-34-29-24-20-15-12-9-6-3/h4-35H2,1-3H3,(H,37,38). The maximum atomic E-state index is 12.1. The zero-order valence-corrected chi connectivity index (χ0v) is 29.1. The van der Waals surface area contributed by atoms with Gasteiger partial charge in [-0.2, -0.15) is 0 Å². The topological polar surface area (TPSA) is 59.0 Å². The lowest BCUT2D eigenvalue weighted by atomic mass is 10.1. The predicted octanol–water partition coefficient (Wildman–Crippen LogP) is 12.0. The summed E-state index contributed by atoms with van der Waals surface area (Å²) in [5, 5.41) is 0. The third-order valence-corrected chi connectivity index (χ3v) is 9.30. The van der Waals surface area contributed by atoms with Crippen LogP contribution in [0, 0.1) is 0 Å². The zero-order chi connectivity index (χ0) is 30.1. The Balaban J connectivity index is 3.98. The minimum absolute atomic E-state index is 0.311. The lowest BCUT2D eigenvalue weighted by Gasteiger charge is -2.22. The first-order valence-electron chi connectivity index (χ1n) is 18.4. The van der Waals surface area contributed by atoms with Gasteiger partial charge >= 0.3 is 7.82 Å². The number of hydrogen-bond acceptors (Lipinski definition) is 4. The van der Waals surface area contributed by atoms with Crippen LogP contribution in [0.2, 0.25) is 0 Å². The average Bonchev–Trinajstić information content (AvgIpc) is 2.96. The van der Waals surface area contributed by atoms with Gasteiger partial charge in [-0.05, 0) is 51.7 Å². The molecule has 0 amide bonds. The fourth-order valence-electron chi connectivity index (χ4n) is 5.52. The van der Waals surface area contributed by atoms with Gasteiger partial charge in [-0.3, -0.25) is 9.05 Å². The van der Waals surface area contributed by atoms with Gasteiger partial charge in [-0.25, -0.2) is 4.57 Å². The Bertz CT molecular complexity index is 528. The second-order valence-corrected chi connectivity index (χ2v) is 13.9. The zero-order valence-electron chi connectivity index (χ0n) is 28.2. The van der Waals surface area contributed by atoms with E-state index in [9.17, 15) is 9.46 Å². The summed E-state index contributed by atoms with van der Waals surface area (Å²) in [4.78, 5) is 12.6. The molecule has 0 aliphatic heterocycles. The number of phosphoric ester groups is 1. The molecule has 0 spiro atoms. The first kappa shape index (κ1) is 41.1. The Morgan fingerprint density at radius 2 is 0.659 bits per heavy atom. The van der Waals surface area contributed by atoms with Crippen molar-refractivity contribution < 1.29 is 18.5 Å². The van der Waals surface area contributed by atoms with Crippen molar-refractivity contribution in [1.82, 2.24) is 4.90 Å². The molecule has 0 saturated carbocycles. The Morgan fingerprint density at radius 1 is 0.415 bits per heavy atom. The fraction of sp³-hybridized carbons (Fsp3) is 1.00. The second kappa shape index (κ2) is 33.0. The van der Waals surface area contributed by atoms with Gasteiger partial charge in [0, 0.05) is 0 Å². The molecule has 6 heteroatoms. The summed E-state index contributed by atoms with van der Waals surface area (Å²) in [6.45, 7) is 11.1. The normalized spacial score (nSPS) is 13.3. The smallest absolute Gasteiger partial charge is 0.303 e. The molecule has 0 heterocycles. The van der Waals surface area contributed by atoms with Gasteiger partial charge in [0.25, 0.3) is 0 Å². The Hall–Kier alpha value is 0.0700. The van der Waals surface area contributed by atoms with E-state index in [2.05, 4.69) is 25.7 Å². The van der Waals surface area contributed by atoms with Crippen LogP contribution in [0.3, 0.4) is 0 Å². The van der Waals surface area contributed by atoms with E-state index < -0.39 is 7.82 Å². The Kier molecular flexibility index (Phi) is 33.0. The van der Waals surface area contributed by atoms with Gasteiger partial charge in [0.15, 0.2) is 0 Å². The number of unbranched alkanes of at least 4 members (excludes halogenated alkanes) is 23. The second-order valence-electron chi connectivity index (χ2n) is 12.5. The summed E-state index contributed by atoms with van der Waals surface area (Å²) in [5.74, 6) is 0. The van der Waals surface area contributed by atoms with E-state index in [1.165, 1.54) is 161 Å². The quantitative estimate of drug-likeness (QED) is 0.0577. The molecule has 0 rings (SSSR count). The SMILES string of the molecule is CCCCCCCCCCN(CCCCCCCCCC)CCCCCCOP(=O)(O)OCCCCCCCCC. The minimum Gasteiger partial charge on any atom is -0.303 e. The van der Waals surface area contributed by atoms with Crippen molar-refractivity contribution >= 4 is 7.82 Å². The lowest BCUT2D eigenvalue weighted by molar-refractivity contribution is 0.145. The molecular weight excluding hydrogens is 529 g/mol. The van der Waals surface area contributed by atoms with Crippen LogP contribution in [-0.4, -0.2) is 42.6 Å². The molecule has 1 atom stereocenters. The van der Waals surface area contributed by atoms with Crippen molar-refractivity contribution in [2.45, 2.75) is 194 Å². The molecular formula is C35H74NO4P. The van der Waals surface area contributed by atoms with E-state index in [1.54, 1.807) is 0 Å². The van der Waals surface area contributed by atoms with E-state index in [0.29, 0.717) is 13.2 Å². The molecule has 0 radical (unpaired) electrons. The van der Waals surface area contributed by atoms with E-state index in [4.69, 9.17) is 9.05 Å². The summed E-state index contributed by atoms with van der Waals surface area (Å²) in [7, 11) is -3.89. The third kappa shape index (κ3) is 32.8. The van der Waals surface area contributed by atoms with E-state index >= 15 is 0 Å². The number of hydrogen-bond donors (Lipinski definition) is 1. The van der Waals surface area contributed by atoms with Crippen molar-refractivity contribution in [3.63, 3.8) is 0 Å². The van der Waals surface area contributed by atoms with Crippen molar-refractivity contribution in [2.75, 3.05) is 32.8 Å². The van der Waals surface area contributed by atoms with Crippen LogP contribution < -0.4 is 0 Å². The maximum Gasteiger partial charge on any atom is 0.472 e. The van der Waals surface area contributed by atoms with Crippen molar-refractivity contribution in [3.8, 4) is 0 Å². The van der Waals surface area contributed by atoms with E-state index in [1.807, 2.05) is 0 Å². The van der Waals surface area contributed by atoms with Crippen LogP contribution in [-0.2, 0) is 13.6 Å². The highest BCUT2D eigenvalue weighted by Gasteiger charge is 2.20. The number of phosphoric acid groups is 1. The van der Waals surface area contributed by atoms with Crippen LogP contribution in [0.15, 0.2) is 0 Å². The highest BCUT2D eigenvalue weighted by atomic mass is 31.2. The van der Waals surface area contributed by atoms with Crippen LogP contribution in [0.5, 0.6) is 0 Å². The van der Waals surface area contributed by atoms with Gasteiger partial charge in [-0.15, -0.1) is 0 Å². The third-order valence-electron chi connectivity index (χ3n) is 8.28. The summed E-state index contributed by atoms with van der Waals surface area (Å²) >= 11 is 0. The molecule has 0 aromatic heterocycles. The van der Waals surface area contributed by atoms with Crippen LogP contribution in [0.4, 0.5) is 0 Å². The molecule has 5 nitrogen and oxygen atoms in total. The maximum absolute atomic E-state index is 12.1. The van der Waals surface area contributed by atoms with Crippen LogP contribution in [0.1, 0.15) is 194 Å². The molecule has 248 valence electrons. The van der Waals surface area contributed by atoms with Crippen LogP contribution >= 0.6 is 7.82 Å². The molecule has 1 N–H and O–H groups in total. The van der Waals surface area contributed by atoms with E-state index in [0.717, 1.165) is 32.1 Å². The van der Waals surface area contributed by atoms with Gasteiger partial charge in [0.05, 0.1) is 13.2 Å². The molecule has 1 unspecified atom stereocenters. The van der Waals surface area contributed by atoms with Gasteiger partial charge in [0.1, 0.15) is 0 Å². The first-order chi connectivity index (χ1) is 20.1. The molecule has 0 aliphatic carbocycles. The Morgan fingerprint density at radius 3 is 0.951 bits per heavy atom. The molecule has 0 aromatic rings. The average molecular weight is 604 g/mol. The number of nitrogens with zero attached hydrogens (tertiary/aromatic N) is 1.